The van der Waals surface area contributed by atoms with Crippen molar-refractivity contribution in [2.45, 2.75) is 32.7 Å². The van der Waals surface area contributed by atoms with Crippen LogP contribution in [0.1, 0.15) is 42.9 Å². The highest BCUT2D eigenvalue weighted by Gasteiger charge is 2.18. The van der Waals surface area contributed by atoms with Crippen molar-refractivity contribution in [2.75, 3.05) is 13.1 Å². The van der Waals surface area contributed by atoms with E-state index < -0.39 is 0 Å². The smallest absolute Gasteiger partial charge is 0.137 e. The van der Waals surface area contributed by atoms with Crippen molar-refractivity contribution >= 4 is 29.0 Å². The number of allylic oxidation sites excluding steroid dienone is 1. The Kier molecular flexibility index (Phi) is 6.67. The molecule has 7 heteroatoms. The lowest BCUT2D eigenvalue weighted by molar-refractivity contribution is 0.220. The van der Waals surface area contributed by atoms with Crippen LogP contribution < -0.4 is 0 Å². The third kappa shape index (κ3) is 4.68. The van der Waals surface area contributed by atoms with Gasteiger partial charge in [0.2, 0.25) is 0 Å². The second-order valence-electron chi connectivity index (χ2n) is 9.80. The summed E-state index contributed by atoms with van der Waals surface area (Å²) in [4.78, 5) is 19.1. The Morgan fingerprint density at radius 1 is 1.03 bits per heavy atom. The first-order chi connectivity index (χ1) is 18.7. The largest absolute Gasteiger partial charge is 0.338 e. The third-order valence-corrected chi connectivity index (χ3v) is 7.31. The average molecular weight is 502 g/mol. The number of aromatic nitrogens is 5. The van der Waals surface area contributed by atoms with Crippen molar-refractivity contribution in [1.29, 1.82) is 0 Å². The first-order valence-corrected chi connectivity index (χ1v) is 13.2. The van der Waals surface area contributed by atoms with Crippen molar-refractivity contribution in [3.05, 3.63) is 90.0 Å². The zero-order chi connectivity index (χ0) is 25.9. The molecule has 4 aromatic heterocycles. The van der Waals surface area contributed by atoms with Gasteiger partial charge in [-0.15, -0.1) is 0 Å². The molecule has 0 saturated carbocycles. The number of aliphatic imine (C=N–C) groups is 1. The fourth-order valence-electron chi connectivity index (χ4n) is 5.41. The van der Waals surface area contributed by atoms with Crippen LogP contribution in [0.5, 0.6) is 0 Å². The van der Waals surface area contributed by atoms with Gasteiger partial charge in [-0.25, -0.2) is 4.99 Å². The SMILES string of the molecule is C=Nc1[nH]c(-c2n[nH]c3ccc(-c4cncc(CN5CCCCC5)c4)cc23)cc1/C(=C\C)c1cccnc1. The Labute approximate surface area is 222 Å². The Balaban J connectivity index is 1.36. The molecule has 0 aliphatic carbocycles. The summed E-state index contributed by atoms with van der Waals surface area (Å²) in [6.07, 6.45) is 13.6. The number of benzene rings is 1. The van der Waals surface area contributed by atoms with Crippen LogP contribution in [0, 0.1) is 0 Å². The number of pyridine rings is 2. The van der Waals surface area contributed by atoms with Crippen LogP contribution in [0.3, 0.4) is 0 Å². The molecule has 1 saturated heterocycles. The number of nitrogens with zero attached hydrogens (tertiary/aromatic N) is 5. The summed E-state index contributed by atoms with van der Waals surface area (Å²) in [7, 11) is 0. The zero-order valence-electron chi connectivity index (χ0n) is 21.6. The number of likely N-dealkylation sites (tertiary alicyclic amines) is 1. The summed E-state index contributed by atoms with van der Waals surface area (Å²) in [5.41, 5.74) is 9.21. The molecule has 190 valence electrons. The molecule has 0 spiro atoms. The summed E-state index contributed by atoms with van der Waals surface area (Å²) < 4.78 is 0. The van der Waals surface area contributed by atoms with E-state index in [1.165, 1.54) is 37.9 Å². The van der Waals surface area contributed by atoms with E-state index in [-0.39, 0.29) is 0 Å². The Bertz CT molecular complexity index is 1600. The fraction of sp³-hybridized carbons (Fsp3) is 0.226. The van der Waals surface area contributed by atoms with Crippen LogP contribution in [0.2, 0.25) is 0 Å². The number of nitrogens with one attached hydrogen (secondary N) is 2. The molecule has 0 radical (unpaired) electrons. The maximum Gasteiger partial charge on any atom is 0.137 e. The van der Waals surface area contributed by atoms with E-state index in [1.807, 2.05) is 37.6 Å². The predicted octanol–water partition coefficient (Wildman–Crippen LogP) is 6.78. The quantitative estimate of drug-likeness (QED) is 0.241. The zero-order valence-corrected chi connectivity index (χ0v) is 21.6. The molecule has 0 unspecified atom stereocenters. The van der Waals surface area contributed by atoms with Crippen molar-refractivity contribution in [3.63, 3.8) is 0 Å². The maximum atomic E-state index is 4.67. The molecule has 0 amide bonds. The molecule has 5 aromatic rings. The molecule has 1 fully saturated rings. The Hall–Kier alpha value is -4.36. The van der Waals surface area contributed by atoms with E-state index in [1.54, 1.807) is 6.20 Å². The molecule has 0 atom stereocenters. The van der Waals surface area contributed by atoms with Crippen LogP contribution in [0.25, 0.3) is 39.0 Å². The Morgan fingerprint density at radius 3 is 2.71 bits per heavy atom. The molecule has 1 aromatic carbocycles. The lowest BCUT2D eigenvalue weighted by atomic mass is 10.00. The van der Waals surface area contributed by atoms with Crippen molar-refractivity contribution in [2.24, 2.45) is 4.99 Å². The van der Waals surface area contributed by atoms with Gasteiger partial charge in [-0.2, -0.15) is 5.10 Å². The van der Waals surface area contributed by atoms with Gasteiger partial charge in [-0.3, -0.25) is 20.0 Å². The van der Waals surface area contributed by atoms with Gasteiger partial charge in [0.05, 0.1) is 11.2 Å². The monoisotopic (exact) mass is 501 g/mol. The molecule has 1 aliphatic rings. The lowest BCUT2D eigenvalue weighted by Gasteiger charge is -2.26. The second-order valence-corrected chi connectivity index (χ2v) is 9.80. The summed E-state index contributed by atoms with van der Waals surface area (Å²) in [5.74, 6) is 0.707. The highest BCUT2D eigenvalue weighted by Crippen LogP contribution is 2.37. The second kappa shape index (κ2) is 10.6. The van der Waals surface area contributed by atoms with E-state index in [4.69, 9.17) is 0 Å². The van der Waals surface area contributed by atoms with Gasteiger partial charge >= 0.3 is 0 Å². The van der Waals surface area contributed by atoms with E-state index in [0.29, 0.717) is 5.82 Å². The van der Waals surface area contributed by atoms with Gasteiger partial charge in [0.15, 0.2) is 0 Å². The van der Waals surface area contributed by atoms with Gasteiger partial charge in [-0.05, 0) is 86.6 Å². The van der Waals surface area contributed by atoms with Gasteiger partial charge in [0.1, 0.15) is 11.5 Å². The van der Waals surface area contributed by atoms with Gasteiger partial charge in [0.25, 0.3) is 0 Å². The summed E-state index contributed by atoms with van der Waals surface area (Å²) in [6, 6.07) is 14.7. The van der Waals surface area contributed by atoms with Gasteiger partial charge in [-0.1, -0.05) is 24.6 Å². The molecule has 2 N–H and O–H groups in total. The summed E-state index contributed by atoms with van der Waals surface area (Å²) in [6.45, 7) is 9.11. The average Bonchev–Trinajstić information content (AvgIpc) is 3.59. The predicted molar refractivity (Wildman–Crippen MR) is 154 cm³/mol. The number of rotatable bonds is 7. The van der Waals surface area contributed by atoms with Gasteiger partial charge < -0.3 is 4.98 Å². The van der Waals surface area contributed by atoms with Crippen LogP contribution >= 0.6 is 0 Å². The fourth-order valence-corrected chi connectivity index (χ4v) is 5.41. The van der Waals surface area contributed by atoms with Crippen LogP contribution in [-0.4, -0.2) is 49.9 Å². The number of piperidine rings is 1. The number of hydrogen-bond donors (Lipinski definition) is 2. The molecule has 1 aliphatic heterocycles. The van der Waals surface area contributed by atoms with Crippen molar-refractivity contribution in [1.82, 2.24) is 30.0 Å². The van der Waals surface area contributed by atoms with Crippen molar-refractivity contribution < 1.29 is 0 Å². The number of aromatic amines is 2. The molecular formula is C31H31N7. The van der Waals surface area contributed by atoms with Crippen LogP contribution in [0.15, 0.2) is 78.3 Å². The number of hydrogen-bond acceptors (Lipinski definition) is 5. The molecular weight excluding hydrogens is 470 g/mol. The first-order valence-electron chi connectivity index (χ1n) is 13.2. The van der Waals surface area contributed by atoms with Crippen LogP contribution in [0.4, 0.5) is 5.82 Å². The topological polar surface area (TPSA) is 85.8 Å². The highest BCUT2D eigenvalue weighted by molar-refractivity contribution is 5.97. The minimum absolute atomic E-state index is 0.707. The van der Waals surface area contributed by atoms with Crippen molar-refractivity contribution in [3.8, 4) is 22.5 Å². The highest BCUT2D eigenvalue weighted by atomic mass is 15.1. The van der Waals surface area contributed by atoms with E-state index >= 15 is 0 Å². The van der Waals surface area contributed by atoms with Crippen LogP contribution in [-0.2, 0) is 6.54 Å². The Morgan fingerprint density at radius 2 is 1.92 bits per heavy atom. The molecule has 0 bridgehead atoms. The molecule has 6 rings (SSSR count). The normalized spacial score (nSPS) is 14.7. The molecule has 5 heterocycles. The standard InChI is InChI=1S/C31H31N7/c1-3-25(23-8-7-11-33-18-23)26-16-29(35-31(26)32-2)30-27-15-22(9-10-28(27)36-37-30)24-14-21(17-34-19-24)20-38-12-5-4-6-13-38/h3,7-11,14-19,35H,2,4-6,12-13,20H2,1H3,(H,36,37)/b25-3-. The first kappa shape index (κ1) is 24.0. The lowest BCUT2D eigenvalue weighted by Crippen LogP contribution is -2.29. The minimum Gasteiger partial charge on any atom is -0.338 e. The third-order valence-electron chi connectivity index (χ3n) is 7.31. The number of fused-ring (bicyclic) bond motifs is 1. The summed E-state index contributed by atoms with van der Waals surface area (Å²) >= 11 is 0. The minimum atomic E-state index is 0.707. The molecule has 38 heavy (non-hydrogen) atoms. The summed E-state index contributed by atoms with van der Waals surface area (Å²) in [5, 5.41) is 8.90. The maximum absolute atomic E-state index is 4.67. The van der Waals surface area contributed by atoms with E-state index in [9.17, 15) is 0 Å². The van der Waals surface area contributed by atoms with E-state index in [2.05, 4.69) is 78.2 Å². The van der Waals surface area contributed by atoms with E-state index in [0.717, 1.165) is 56.7 Å². The molecule has 7 nitrogen and oxygen atoms in total. The van der Waals surface area contributed by atoms with Gasteiger partial charge in [0, 0.05) is 53.4 Å². The number of H-pyrrole nitrogens is 2.